The number of hydrogen-bond donors (Lipinski definition) is 1. The number of benzene rings is 2. The van der Waals surface area contributed by atoms with Gasteiger partial charge in [-0.2, -0.15) is 4.99 Å². The smallest absolute Gasteiger partial charge is 0.333 e. The standard InChI is InChI=1S/C30H31N5O4S/c1-19(2)23-11-9-22(10-12-23)18-39-15-14-34-28(37)24-4-3-13-32-26(24)35(30(34)38)17-21-7-5-20(6-8-21)16-25-27(36)33-29(31)40-25/h3-13,19,25H,14-18H2,1-2H3,(H2,31,33,36). The van der Waals surface area contributed by atoms with Gasteiger partial charge >= 0.3 is 5.69 Å². The van der Waals surface area contributed by atoms with Gasteiger partial charge in [-0.25, -0.2) is 9.78 Å². The first-order chi connectivity index (χ1) is 19.3. The first-order valence-corrected chi connectivity index (χ1v) is 14.1. The van der Waals surface area contributed by atoms with E-state index in [-0.39, 0.29) is 36.4 Å². The second-order valence-corrected chi connectivity index (χ2v) is 11.3. The number of fused-ring (bicyclic) bond motifs is 1. The fourth-order valence-corrected chi connectivity index (χ4v) is 5.50. The van der Waals surface area contributed by atoms with E-state index in [9.17, 15) is 14.4 Å². The minimum Gasteiger partial charge on any atom is -0.378 e. The van der Waals surface area contributed by atoms with Crippen molar-refractivity contribution in [3.8, 4) is 0 Å². The second-order valence-electron chi connectivity index (χ2n) is 10.1. The van der Waals surface area contributed by atoms with Crippen LogP contribution in [0.3, 0.4) is 0 Å². The zero-order valence-electron chi connectivity index (χ0n) is 22.4. The molecule has 0 saturated carbocycles. The van der Waals surface area contributed by atoms with E-state index in [1.165, 1.54) is 26.5 Å². The molecule has 1 aliphatic rings. The zero-order chi connectivity index (χ0) is 28.2. The number of aromatic nitrogens is 3. The van der Waals surface area contributed by atoms with Crippen LogP contribution in [-0.4, -0.2) is 37.0 Å². The lowest BCUT2D eigenvalue weighted by Gasteiger charge is -2.14. The van der Waals surface area contributed by atoms with E-state index in [2.05, 4.69) is 36.0 Å². The first-order valence-electron chi connectivity index (χ1n) is 13.2. The van der Waals surface area contributed by atoms with E-state index in [0.29, 0.717) is 35.1 Å². The van der Waals surface area contributed by atoms with Gasteiger partial charge in [0.15, 0.2) is 5.17 Å². The van der Waals surface area contributed by atoms with Gasteiger partial charge in [0.05, 0.1) is 36.9 Å². The van der Waals surface area contributed by atoms with Gasteiger partial charge in [0, 0.05) is 6.20 Å². The van der Waals surface area contributed by atoms with E-state index < -0.39 is 5.69 Å². The summed E-state index contributed by atoms with van der Waals surface area (Å²) in [5.74, 6) is 0.243. The third kappa shape index (κ3) is 6.08. The molecule has 2 aromatic carbocycles. The van der Waals surface area contributed by atoms with Gasteiger partial charge in [-0.05, 0) is 46.7 Å². The quantitative estimate of drug-likeness (QED) is 0.297. The lowest BCUT2D eigenvalue weighted by molar-refractivity contribution is -0.117. The molecule has 0 aliphatic carbocycles. The van der Waals surface area contributed by atoms with Crippen LogP contribution in [0.1, 0.15) is 42.0 Å². The van der Waals surface area contributed by atoms with Gasteiger partial charge < -0.3 is 10.5 Å². The summed E-state index contributed by atoms with van der Waals surface area (Å²) in [7, 11) is 0. The Morgan fingerprint density at radius 3 is 2.33 bits per heavy atom. The molecule has 206 valence electrons. The number of hydrogen-bond acceptors (Lipinski definition) is 7. The number of aliphatic imine (C=N–C) groups is 1. The van der Waals surface area contributed by atoms with Crippen molar-refractivity contribution in [2.75, 3.05) is 6.61 Å². The van der Waals surface area contributed by atoms with Crippen molar-refractivity contribution in [1.82, 2.24) is 14.1 Å². The maximum absolute atomic E-state index is 13.5. The Balaban J connectivity index is 1.31. The summed E-state index contributed by atoms with van der Waals surface area (Å²) >= 11 is 1.27. The van der Waals surface area contributed by atoms with Crippen LogP contribution in [0.5, 0.6) is 0 Å². The van der Waals surface area contributed by atoms with Crippen molar-refractivity contribution in [2.45, 2.75) is 51.1 Å². The lowest BCUT2D eigenvalue weighted by Crippen LogP contribution is -2.41. The fourth-order valence-electron chi connectivity index (χ4n) is 4.64. The number of carbonyl (C=O) groups excluding carboxylic acids is 1. The van der Waals surface area contributed by atoms with E-state index in [1.54, 1.807) is 18.3 Å². The minimum absolute atomic E-state index is 0.129. The molecule has 1 unspecified atom stereocenters. The number of carbonyl (C=O) groups is 1. The van der Waals surface area contributed by atoms with E-state index >= 15 is 0 Å². The van der Waals surface area contributed by atoms with E-state index in [0.717, 1.165) is 16.7 Å². The molecule has 40 heavy (non-hydrogen) atoms. The number of ether oxygens (including phenoxy) is 1. The molecule has 2 N–H and O–H groups in total. The summed E-state index contributed by atoms with van der Waals surface area (Å²) in [6.07, 6.45) is 2.09. The molecule has 5 rings (SSSR count). The largest absolute Gasteiger partial charge is 0.378 e. The topological polar surface area (TPSA) is 122 Å². The fraction of sp³-hybridized carbons (Fsp3) is 0.300. The van der Waals surface area contributed by atoms with Crippen LogP contribution in [0, 0.1) is 0 Å². The Hall–Kier alpha value is -4.02. The third-order valence-corrected chi connectivity index (χ3v) is 7.88. The molecule has 0 spiro atoms. The van der Waals surface area contributed by atoms with Crippen LogP contribution in [0.25, 0.3) is 11.0 Å². The van der Waals surface area contributed by atoms with Crippen LogP contribution in [0.15, 0.2) is 81.4 Å². The van der Waals surface area contributed by atoms with Gasteiger partial charge in [-0.15, -0.1) is 0 Å². The number of pyridine rings is 1. The Kier molecular flexibility index (Phi) is 8.27. The molecule has 10 heteroatoms. The average molecular weight is 558 g/mol. The molecule has 3 heterocycles. The normalized spacial score (nSPS) is 15.2. The highest BCUT2D eigenvalue weighted by Gasteiger charge is 2.27. The Morgan fingerprint density at radius 1 is 0.950 bits per heavy atom. The predicted molar refractivity (Wildman–Crippen MR) is 158 cm³/mol. The van der Waals surface area contributed by atoms with Crippen molar-refractivity contribution in [1.29, 1.82) is 0 Å². The van der Waals surface area contributed by atoms with Crippen LogP contribution in [0.2, 0.25) is 0 Å². The molecule has 0 fully saturated rings. The summed E-state index contributed by atoms with van der Waals surface area (Å²) in [5.41, 5.74) is 9.31. The van der Waals surface area contributed by atoms with E-state index in [1.807, 2.05) is 36.4 Å². The predicted octanol–water partition coefficient (Wildman–Crippen LogP) is 3.45. The van der Waals surface area contributed by atoms with Gasteiger partial charge in [-0.3, -0.25) is 18.7 Å². The summed E-state index contributed by atoms with van der Waals surface area (Å²) in [6, 6.07) is 19.3. The highest BCUT2D eigenvalue weighted by molar-refractivity contribution is 8.15. The number of amidine groups is 1. The number of nitrogens with two attached hydrogens (primary N) is 1. The molecule has 1 aliphatic heterocycles. The molecule has 4 aromatic rings. The highest BCUT2D eigenvalue weighted by atomic mass is 32.2. The number of thioether (sulfide) groups is 1. The Morgan fingerprint density at radius 2 is 1.65 bits per heavy atom. The maximum Gasteiger partial charge on any atom is 0.333 e. The van der Waals surface area contributed by atoms with Crippen molar-refractivity contribution in [3.05, 3.63) is 110 Å². The molecular weight excluding hydrogens is 526 g/mol. The molecule has 0 bridgehead atoms. The lowest BCUT2D eigenvalue weighted by atomic mass is 10.0. The van der Waals surface area contributed by atoms with E-state index in [4.69, 9.17) is 10.5 Å². The average Bonchev–Trinajstić information content (AvgIpc) is 3.27. The first kappa shape index (κ1) is 27.5. The van der Waals surface area contributed by atoms with Crippen molar-refractivity contribution in [2.24, 2.45) is 10.7 Å². The van der Waals surface area contributed by atoms with Crippen LogP contribution >= 0.6 is 11.8 Å². The van der Waals surface area contributed by atoms with Crippen molar-refractivity contribution in [3.63, 3.8) is 0 Å². The Bertz CT molecular complexity index is 1670. The Labute approximate surface area is 235 Å². The summed E-state index contributed by atoms with van der Waals surface area (Å²) < 4.78 is 8.55. The highest BCUT2D eigenvalue weighted by Crippen LogP contribution is 2.24. The monoisotopic (exact) mass is 557 g/mol. The van der Waals surface area contributed by atoms with Crippen molar-refractivity contribution < 1.29 is 9.53 Å². The molecule has 0 radical (unpaired) electrons. The van der Waals surface area contributed by atoms with Gasteiger partial charge in [0.1, 0.15) is 5.65 Å². The summed E-state index contributed by atoms with van der Waals surface area (Å²) in [6.45, 7) is 5.28. The molecule has 2 aromatic heterocycles. The molecule has 9 nitrogen and oxygen atoms in total. The zero-order valence-corrected chi connectivity index (χ0v) is 23.3. The number of amides is 1. The maximum atomic E-state index is 13.5. The summed E-state index contributed by atoms with van der Waals surface area (Å²) in [5, 5.41) is 0.357. The second kappa shape index (κ2) is 12.0. The number of nitrogens with zero attached hydrogens (tertiary/aromatic N) is 4. The number of rotatable bonds is 10. The van der Waals surface area contributed by atoms with Gasteiger partial charge in [0.2, 0.25) is 0 Å². The molecular formula is C30H31N5O4S. The third-order valence-electron chi connectivity index (χ3n) is 6.90. The van der Waals surface area contributed by atoms with Gasteiger partial charge in [-0.1, -0.05) is 74.1 Å². The molecule has 1 amide bonds. The molecule has 1 atom stereocenters. The van der Waals surface area contributed by atoms with Gasteiger partial charge in [0.25, 0.3) is 11.5 Å². The summed E-state index contributed by atoms with van der Waals surface area (Å²) in [4.78, 5) is 46.8. The van der Waals surface area contributed by atoms with Crippen LogP contribution in [0.4, 0.5) is 0 Å². The van der Waals surface area contributed by atoms with Crippen LogP contribution in [-0.2, 0) is 35.6 Å². The van der Waals surface area contributed by atoms with Crippen molar-refractivity contribution >= 4 is 33.9 Å². The minimum atomic E-state index is -0.439. The SMILES string of the molecule is CC(C)c1ccc(COCCn2c(=O)c3cccnc3n(Cc3ccc(CC4SC(N)=NC4=O)cc3)c2=O)cc1. The molecule has 0 saturated heterocycles. The van der Waals surface area contributed by atoms with Crippen LogP contribution < -0.4 is 17.0 Å².